The molecule has 0 aliphatic rings. The van der Waals surface area contributed by atoms with Crippen LogP contribution in [0.3, 0.4) is 0 Å². The zero-order chi connectivity index (χ0) is 11.1. The Kier molecular flexibility index (Phi) is 5.14. The number of hydrogen-bond donors (Lipinski definition) is 3. The van der Waals surface area contributed by atoms with Gasteiger partial charge < -0.3 is 16.3 Å². The minimum Gasteiger partial charge on any atom is -0.409 e. The van der Waals surface area contributed by atoms with E-state index in [-0.39, 0.29) is 11.9 Å². The van der Waals surface area contributed by atoms with Crippen LogP contribution in [0.15, 0.2) is 22.7 Å². The Balaban J connectivity index is 2.29. The molecule has 4 N–H and O–H groups in total. The van der Waals surface area contributed by atoms with Gasteiger partial charge in [-0.05, 0) is 24.3 Å². The SMILES string of the molecule is CCC(NCCc1cccs1)C(N)=NO. The van der Waals surface area contributed by atoms with Crippen LogP contribution in [0.5, 0.6) is 0 Å². The molecule has 4 nitrogen and oxygen atoms in total. The van der Waals surface area contributed by atoms with Gasteiger partial charge in [0.2, 0.25) is 0 Å². The Labute approximate surface area is 93.8 Å². The van der Waals surface area contributed by atoms with Gasteiger partial charge in [0.1, 0.15) is 0 Å². The van der Waals surface area contributed by atoms with Crippen LogP contribution in [0, 0.1) is 0 Å². The molecule has 0 aliphatic carbocycles. The summed E-state index contributed by atoms with van der Waals surface area (Å²) in [5.74, 6) is 0.253. The Morgan fingerprint density at radius 2 is 2.53 bits per heavy atom. The summed E-state index contributed by atoms with van der Waals surface area (Å²) in [6.45, 7) is 2.84. The van der Waals surface area contributed by atoms with Gasteiger partial charge >= 0.3 is 0 Å². The van der Waals surface area contributed by atoms with E-state index in [9.17, 15) is 0 Å². The summed E-state index contributed by atoms with van der Waals surface area (Å²) in [7, 11) is 0. The van der Waals surface area contributed by atoms with Crippen molar-refractivity contribution in [3.05, 3.63) is 22.4 Å². The smallest absolute Gasteiger partial charge is 0.156 e. The average molecular weight is 227 g/mol. The highest BCUT2D eigenvalue weighted by molar-refractivity contribution is 7.09. The molecule has 0 radical (unpaired) electrons. The van der Waals surface area contributed by atoms with Crippen LogP contribution in [0.25, 0.3) is 0 Å². The van der Waals surface area contributed by atoms with Crippen LogP contribution >= 0.6 is 11.3 Å². The maximum Gasteiger partial charge on any atom is 0.156 e. The fourth-order valence-electron chi connectivity index (χ4n) is 1.35. The van der Waals surface area contributed by atoms with Gasteiger partial charge in [-0.15, -0.1) is 11.3 Å². The van der Waals surface area contributed by atoms with Gasteiger partial charge in [0.15, 0.2) is 5.84 Å². The monoisotopic (exact) mass is 227 g/mol. The molecule has 0 amide bonds. The lowest BCUT2D eigenvalue weighted by atomic mass is 10.2. The number of oxime groups is 1. The fraction of sp³-hybridized carbons (Fsp3) is 0.500. The van der Waals surface area contributed by atoms with Crippen molar-refractivity contribution in [3.63, 3.8) is 0 Å². The lowest BCUT2D eigenvalue weighted by Gasteiger charge is -2.14. The van der Waals surface area contributed by atoms with Crippen LogP contribution in [-0.2, 0) is 6.42 Å². The first-order chi connectivity index (χ1) is 7.27. The van der Waals surface area contributed by atoms with Crippen molar-refractivity contribution < 1.29 is 5.21 Å². The summed E-state index contributed by atoms with van der Waals surface area (Å²) in [6.07, 6.45) is 1.80. The molecule has 0 saturated heterocycles. The van der Waals surface area contributed by atoms with E-state index < -0.39 is 0 Å². The van der Waals surface area contributed by atoms with E-state index in [4.69, 9.17) is 10.9 Å². The normalized spacial score (nSPS) is 14.1. The standard InChI is InChI=1S/C10H17N3OS/c1-2-9(10(11)13-14)12-6-5-8-4-3-7-15-8/h3-4,7,9,12,14H,2,5-6H2,1H3,(H2,11,13). The van der Waals surface area contributed by atoms with Gasteiger partial charge in [0.25, 0.3) is 0 Å². The molecular weight excluding hydrogens is 210 g/mol. The number of nitrogens with two attached hydrogens (primary N) is 1. The van der Waals surface area contributed by atoms with Crippen molar-refractivity contribution in [1.82, 2.24) is 5.32 Å². The number of nitrogens with one attached hydrogen (secondary N) is 1. The first-order valence-electron chi connectivity index (χ1n) is 5.01. The van der Waals surface area contributed by atoms with Gasteiger partial charge in [0.05, 0.1) is 6.04 Å². The van der Waals surface area contributed by atoms with E-state index in [2.05, 4.69) is 21.9 Å². The maximum atomic E-state index is 8.54. The van der Waals surface area contributed by atoms with E-state index >= 15 is 0 Å². The van der Waals surface area contributed by atoms with Gasteiger partial charge in [0, 0.05) is 11.4 Å². The summed E-state index contributed by atoms with van der Waals surface area (Å²) in [5.41, 5.74) is 5.53. The first-order valence-corrected chi connectivity index (χ1v) is 5.89. The lowest BCUT2D eigenvalue weighted by molar-refractivity contribution is 0.314. The molecule has 1 heterocycles. The summed E-state index contributed by atoms with van der Waals surface area (Å²) < 4.78 is 0. The van der Waals surface area contributed by atoms with E-state index in [1.165, 1.54) is 4.88 Å². The van der Waals surface area contributed by atoms with Crippen molar-refractivity contribution in [1.29, 1.82) is 0 Å². The van der Waals surface area contributed by atoms with Gasteiger partial charge in [-0.1, -0.05) is 18.1 Å². The summed E-state index contributed by atoms with van der Waals surface area (Å²) in [6, 6.07) is 4.12. The summed E-state index contributed by atoms with van der Waals surface area (Å²) >= 11 is 1.75. The van der Waals surface area contributed by atoms with Gasteiger partial charge in [-0.25, -0.2) is 0 Å². The Hall–Kier alpha value is -1.07. The van der Waals surface area contributed by atoms with Crippen LogP contribution in [0.4, 0.5) is 0 Å². The molecule has 1 aromatic heterocycles. The average Bonchev–Trinajstić information content (AvgIpc) is 2.76. The third-order valence-corrected chi connectivity index (χ3v) is 3.16. The molecule has 0 aliphatic heterocycles. The second-order valence-electron chi connectivity index (χ2n) is 3.27. The number of hydrogen-bond acceptors (Lipinski definition) is 4. The number of thiophene rings is 1. The third-order valence-electron chi connectivity index (χ3n) is 2.22. The molecule has 0 fully saturated rings. The minimum atomic E-state index is -0.0324. The molecule has 84 valence electrons. The highest BCUT2D eigenvalue weighted by atomic mass is 32.1. The highest BCUT2D eigenvalue weighted by Crippen LogP contribution is 2.08. The third kappa shape index (κ3) is 3.89. The van der Waals surface area contributed by atoms with Crippen LogP contribution < -0.4 is 11.1 Å². The van der Waals surface area contributed by atoms with Crippen molar-refractivity contribution in [3.8, 4) is 0 Å². The Bertz CT molecular complexity index is 298. The van der Waals surface area contributed by atoms with Gasteiger partial charge in [-0.2, -0.15) is 0 Å². The van der Waals surface area contributed by atoms with Crippen LogP contribution in [0.2, 0.25) is 0 Å². The molecule has 5 heteroatoms. The predicted molar refractivity (Wildman–Crippen MR) is 63.5 cm³/mol. The molecule has 0 saturated carbocycles. The molecule has 0 spiro atoms. The Morgan fingerprint density at radius 1 is 1.73 bits per heavy atom. The molecule has 1 unspecified atom stereocenters. The Morgan fingerprint density at radius 3 is 3.07 bits per heavy atom. The van der Waals surface area contributed by atoms with E-state index in [1.807, 2.05) is 13.0 Å². The van der Waals surface area contributed by atoms with Gasteiger partial charge in [-0.3, -0.25) is 0 Å². The maximum absolute atomic E-state index is 8.54. The second kappa shape index (κ2) is 6.42. The second-order valence-corrected chi connectivity index (χ2v) is 4.30. The lowest BCUT2D eigenvalue weighted by Crippen LogP contribution is -2.41. The summed E-state index contributed by atoms with van der Waals surface area (Å²) in [4.78, 5) is 1.34. The zero-order valence-corrected chi connectivity index (χ0v) is 9.63. The van der Waals surface area contributed by atoms with Crippen molar-refractivity contribution in [2.45, 2.75) is 25.8 Å². The quantitative estimate of drug-likeness (QED) is 0.298. The topological polar surface area (TPSA) is 70.6 Å². The molecular formula is C10H17N3OS. The predicted octanol–water partition coefficient (Wildman–Crippen LogP) is 1.41. The highest BCUT2D eigenvalue weighted by Gasteiger charge is 2.09. The summed E-state index contributed by atoms with van der Waals surface area (Å²) in [5, 5.41) is 16.9. The largest absolute Gasteiger partial charge is 0.409 e. The number of amidine groups is 1. The molecule has 0 aromatic carbocycles. The molecule has 1 atom stereocenters. The first kappa shape index (κ1) is 12.0. The van der Waals surface area contributed by atoms with Crippen molar-refractivity contribution >= 4 is 17.2 Å². The van der Waals surface area contributed by atoms with E-state index in [0.717, 1.165) is 19.4 Å². The number of rotatable bonds is 6. The fourth-order valence-corrected chi connectivity index (χ4v) is 2.06. The molecule has 15 heavy (non-hydrogen) atoms. The van der Waals surface area contributed by atoms with Crippen LogP contribution in [0.1, 0.15) is 18.2 Å². The molecule has 1 aromatic rings. The zero-order valence-electron chi connectivity index (χ0n) is 8.81. The minimum absolute atomic E-state index is 0.0324. The number of nitrogens with zero attached hydrogens (tertiary/aromatic N) is 1. The van der Waals surface area contributed by atoms with E-state index in [1.54, 1.807) is 11.3 Å². The molecule has 1 rings (SSSR count). The molecule has 0 bridgehead atoms. The van der Waals surface area contributed by atoms with E-state index in [0.29, 0.717) is 0 Å². The van der Waals surface area contributed by atoms with Crippen LogP contribution in [-0.4, -0.2) is 23.6 Å². The van der Waals surface area contributed by atoms with Crippen molar-refractivity contribution in [2.75, 3.05) is 6.54 Å². The van der Waals surface area contributed by atoms with Crippen molar-refractivity contribution in [2.24, 2.45) is 10.9 Å².